The highest BCUT2D eigenvalue weighted by Gasteiger charge is 2.41. The zero-order valence-corrected chi connectivity index (χ0v) is 13.7. The number of cyclic esters (lactones) is 1. The highest BCUT2D eigenvalue weighted by atomic mass is 35.5. The Balaban J connectivity index is 1.73. The van der Waals surface area contributed by atoms with Crippen LogP contribution in [0.3, 0.4) is 0 Å². The summed E-state index contributed by atoms with van der Waals surface area (Å²) in [6, 6.07) is 8.30. The Morgan fingerprint density at radius 2 is 2.14 bits per heavy atom. The first kappa shape index (κ1) is 15.6. The monoisotopic (exact) mass is 322 g/mol. The standard InChI is InChI=1S/C17H23ClN2O2/c1-12-10-20(16(21)22-12)15-5-7-17(11-19,8-6-15)13-3-2-4-14(18)9-13/h2-4,9,12,15H,5-8,10-11,19H2,1H3/t12-,15?,17?/m0/s1. The van der Waals surface area contributed by atoms with Gasteiger partial charge in [-0.25, -0.2) is 4.79 Å². The first-order chi connectivity index (χ1) is 10.5. The fourth-order valence-electron chi connectivity index (χ4n) is 3.82. The van der Waals surface area contributed by atoms with Crippen LogP contribution in [0.25, 0.3) is 0 Å². The van der Waals surface area contributed by atoms with Crippen molar-refractivity contribution >= 4 is 17.7 Å². The van der Waals surface area contributed by atoms with Crippen molar-refractivity contribution < 1.29 is 9.53 Å². The van der Waals surface area contributed by atoms with Gasteiger partial charge in [0.05, 0.1) is 6.54 Å². The summed E-state index contributed by atoms with van der Waals surface area (Å²) in [6.45, 7) is 3.26. The molecule has 1 amide bonds. The quantitative estimate of drug-likeness (QED) is 0.928. The van der Waals surface area contributed by atoms with E-state index >= 15 is 0 Å². The van der Waals surface area contributed by atoms with Gasteiger partial charge in [-0.3, -0.25) is 0 Å². The van der Waals surface area contributed by atoms with Gasteiger partial charge in [0, 0.05) is 23.0 Å². The van der Waals surface area contributed by atoms with Crippen molar-refractivity contribution in [1.29, 1.82) is 0 Å². The third-order valence-electron chi connectivity index (χ3n) is 5.17. The van der Waals surface area contributed by atoms with E-state index in [0.717, 1.165) is 30.7 Å². The molecule has 0 spiro atoms. The van der Waals surface area contributed by atoms with Crippen molar-refractivity contribution in [3.8, 4) is 0 Å². The summed E-state index contributed by atoms with van der Waals surface area (Å²) in [6.07, 6.45) is 3.72. The highest BCUT2D eigenvalue weighted by molar-refractivity contribution is 6.30. The van der Waals surface area contributed by atoms with Crippen LogP contribution in [0.15, 0.2) is 24.3 Å². The fraction of sp³-hybridized carbons (Fsp3) is 0.588. The number of carbonyl (C=O) groups excluding carboxylic acids is 1. The molecule has 1 aliphatic heterocycles. The van der Waals surface area contributed by atoms with Crippen molar-refractivity contribution in [2.75, 3.05) is 13.1 Å². The van der Waals surface area contributed by atoms with Crippen LogP contribution in [0, 0.1) is 0 Å². The van der Waals surface area contributed by atoms with Crippen LogP contribution in [0.5, 0.6) is 0 Å². The molecule has 0 bridgehead atoms. The number of hydrogen-bond donors (Lipinski definition) is 1. The molecule has 120 valence electrons. The summed E-state index contributed by atoms with van der Waals surface area (Å²) in [4.78, 5) is 13.8. The number of benzene rings is 1. The van der Waals surface area contributed by atoms with Gasteiger partial charge in [-0.15, -0.1) is 0 Å². The predicted molar refractivity (Wildman–Crippen MR) is 87.1 cm³/mol. The van der Waals surface area contributed by atoms with Crippen LogP contribution in [0.1, 0.15) is 38.2 Å². The van der Waals surface area contributed by atoms with Crippen LogP contribution in [0.4, 0.5) is 4.79 Å². The van der Waals surface area contributed by atoms with Crippen molar-refractivity contribution in [2.45, 2.75) is 50.2 Å². The lowest BCUT2D eigenvalue weighted by atomic mass is 9.68. The second kappa shape index (κ2) is 6.09. The first-order valence-corrected chi connectivity index (χ1v) is 8.35. The summed E-state index contributed by atoms with van der Waals surface area (Å²) >= 11 is 6.14. The molecular weight excluding hydrogens is 300 g/mol. The van der Waals surface area contributed by atoms with E-state index in [1.54, 1.807) is 0 Å². The lowest BCUT2D eigenvalue weighted by molar-refractivity contribution is 0.120. The largest absolute Gasteiger partial charge is 0.444 e. The number of hydrogen-bond acceptors (Lipinski definition) is 3. The molecule has 1 aliphatic carbocycles. The Hall–Kier alpha value is -1.26. The normalized spacial score (nSPS) is 32.1. The minimum atomic E-state index is -0.166. The van der Waals surface area contributed by atoms with E-state index in [2.05, 4.69) is 6.07 Å². The topological polar surface area (TPSA) is 55.6 Å². The van der Waals surface area contributed by atoms with Gasteiger partial charge in [0.15, 0.2) is 0 Å². The molecule has 0 radical (unpaired) electrons. The molecule has 1 aromatic rings. The van der Waals surface area contributed by atoms with E-state index in [0.29, 0.717) is 13.1 Å². The van der Waals surface area contributed by atoms with Gasteiger partial charge in [0.25, 0.3) is 0 Å². The Bertz CT molecular complexity index is 555. The maximum absolute atomic E-state index is 11.9. The molecule has 4 nitrogen and oxygen atoms in total. The summed E-state index contributed by atoms with van der Waals surface area (Å²) < 4.78 is 5.25. The summed E-state index contributed by atoms with van der Waals surface area (Å²) in [7, 11) is 0. The second-order valence-electron chi connectivity index (χ2n) is 6.57. The smallest absolute Gasteiger partial charge is 0.410 e. The van der Waals surface area contributed by atoms with E-state index in [9.17, 15) is 4.79 Å². The van der Waals surface area contributed by atoms with E-state index in [1.165, 1.54) is 5.56 Å². The Labute approximate surface area is 136 Å². The molecule has 1 saturated heterocycles. The number of amides is 1. The maximum atomic E-state index is 11.9. The first-order valence-electron chi connectivity index (χ1n) is 7.97. The van der Waals surface area contributed by atoms with E-state index in [-0.39, 0.29) is 23.7 Å². The van der Waals surface area contributed by atoms with E-state index in [4.69, 9.17) is 22.1 Å². The van der Waals surface area contributed by atoms with Crippen LogP contribution in [0.2, 0.25) is 5.02 Å². The number of nitrogens with zero attached hydrogens (tertiary/aromatic N) is 1. The summed E-state index contributed by atoms with van der Waals surface area (Å²) in [5.41, 5.74) is 7.32. The van der Waals surface area contributed by atoms with Gasteiger partial charge >= 0.3 is 6.09 Å². The molecule has 1 heterocycles. The van der Waals surface area contributed by atoms with E-state index < -0.39 is 0 Å². The number of nitrogens with two attached hydrogens (primary N) is 1. The molecule has 5 heteroatoms. The molecule has 3 rings (SSSR count). The Morgan fingerprint density at radius 1 is 1.41 bits per heavy atom. The van der Waals surface area contributed by atoms with Crippen LogP contribution < -0.4 is 5.73 Å². The average molecular weight is 323 g/mol. The zero-order chi connectivity index (χ0) is 15.7. The van der Waals surface area contributed by atoms with Gasteiger partial charge in [0.2, 0.25) is 0 Å². The number of ether oxygens (including phenoxy) is 1. The average Bonchev–Trinajstić information content (AvgIpc) is 2.86. The van der Waals surface area contributed by atoms with Crippen molar-refractivity contribution in [3.05, 3.63) is 34.9 Å². The van der Waals surface area contributed by atoms with Crippen molar-refractivity contribution in [3.63, 3.8) is 0 Å². The molecule has 2 fully saturated rings. The SMILES string of the molecule is C[C@H]1CN(C2CCC(CN)(c3cccc(Cl)c3)CC2)C(=O)O1. The third kappa shape index (κ3) is 2.82. The highest BCUT2D eigenvalue weighted by Crippen LogP contribution is 2.41. The summed E-state index contributed by atoms with van der Waals surface area (Å²) in [5, 5.41) is 0.754. The lowest BCUT2D eigenvalue weighted by Gasteiger charge is -2.42. The minimum Gasteiger partial charge on any atom is -0.444 e. The molecule has 2 N–H and O–H groups in total. The molecule has 1 saturated carbocycles. The molecule has 1 atom stereocenters. The van der Waals surface area contributed by atoms with Gasteiger partial charge in [-0.1, -0.05) is 23.7 Å². The van der Waals surface area contributed by atoms with E-state index in [1.807, 2.05) is 30.0 Å². The fourth-order valence-corrected chi connectivity index (χ4v) is 4.01. The molecule has 2 aliphatic rings. The third-order valence-corrected chi connectivity index (χ3v) is 5.41. The lowest BCUT2D eigenvalue weighted by Crippen LogP contribution is -2.46. The van der Waals surface area contributed by atoms with Gasteiger partial charge < -0.3 is 15.4 Å². The number of carbonyl (C=O) groups is 1. The molecular formula is C17H23ClN2O2. The molecule has 0 aromatic heterocycles. The minimum absolute atomic E-state index is 0.00150. The number of halogens is 1. The Kier molecular flexibility index (Phi) is 4.33. The van der Waals surface area contributed by atoms with Crippen LogP contribution in [-0.4, -0.2) is 36.2 Å². The predicted octanol–water partition coefficient (Wildman–Crippen LogP) is 3.32. The number of rotatable bonds is 3. The van der Waals surface area contributed by atoms with Crippen molar-refractivity contribution in [2.24, 2.45) is 5.73 Å². The van der Waals surface area contributed by atoms with Gasteiger partial charge in [-0.05, 0) is 50.3 Å². The van der Waals surface area contributed by atoms with Crippen molar-refractivity contribution in [1.82, 2.24) is 4.90 Å². The molecule has 22 heavy (non-hydrogen) atoms. The second-order valence-corrected chi connectivity index (χ2v) is 7.01. The van der Waals surface area contributed by atoms with Crippen LogP contribution in [-0.2, 0) is 10.2 Å². The van der Waals surface area contributed by atoms with Gasteiger partial charge in [-0.2, -0.15) is 0 Å². The molecule has 1 aromatic carbocycles. The summed E-state index contributed by atoms with van der Waals surface area (Å²) in [5.74, 6) is 0. The molecule has 0 unspecified atom stereocenters. The Morgan fingerprint density at radius 3 is 2.68 bits per heavy atom. The van der Waals surface area contributed by atoms with Crippen LogP contribution >= 0.6 is 11.6 Å². The van der Waals surface area contributed by atoms with Gasteiger partial charge in [0.1, 0.15) is 6.10 Å². The maximum Gasteiger partial charge on any atom is 0.410 e. The zero-order valence-electron chi connectivity index (χ0n) is 12.9.